The molecule has 0 aliphatic rings. The van der Waals surface area contributed by atoms with E-state index in [-0.39, 0.29) is 24.8 Å². The van der Waals surface area contributed by atoms with Crippen LogP contribution in [0.3, 0.4) is 0 Å². The van der Waals surface area contributed by atoms with Crippen LogP contribution in [0.5, 0.6) is 5.75 Å². The molecule has 25 heavy (non-hydrogen) atoms. The maximum Gasteiger partial charge on any atom is 0.252 e. The molecule has 6 heteroatoms. The van der Waals surface area contributed by atoms with Crippen molar-refractivity contribution in [2.45, 2.75) is 13.3 Å². The Morgan fingerprint density at radius 1 is 1.00 bits per heavy atom. The van der Waals surface area contributed by atoms with Crippen LogP contribution in [0.4, 0.5) is 0 Å². The predicted molar refractivity (Wildman–Crippen MR) is 98.1 cm³/mol. The SMILES string of the molecule is Cc1ccc(OCCNC(=O)CCNC(=O)c2ccccc2Cl)cc1. The van der Waals surface area contributed by atoms with Crippen molar-refractivity contribution in [2.75, 3.05) is 19.7 Å². The molecule has 0 saturated carbocycles. The first-order chi connectivity index (χ1) is 12.1. The predicted octanol–water partition coefficient (Wildman–Crippen LogP) is 2.96. The molecule has 2 rings (SSSR count). The first kappa shape index (κ1) is 18.8. The second-order valence-corrected chi connectivity index (χ2v) is 5.90. The molecule has 132 valence electrons. The number of rotatable bonds is 8. The third-order valence-corrected chi connectivity index (χ3v) is 3.80. The molecule has 0 heterocycles. The van der Waals surface area contributed by atoms with E-state index in [1.165, 1.54) is 5.56 Å². The zero-order chi connectivity index (χ0) is 18.1. The van der Waals surface area contributed by atoms with E-state index in [0.29, 0.717) is 23.7 Å². The minimum atomic E-state index is -0.291. The van der Waals surface area contributed by atoms with Crippen LogP contribution in [0.25, 0.3) is 0 Å². The summed E-state index contributed by atoms with van der Waals surface area (Å²) in [5.41, 5.74) is 1.57. The van der Waals surface area contributed by atoms with Crippen LogP contribution >= 0.6 is 11.6 Å². The molecule has 2 N–H and O–H groups in total. The molecule has 0 fully saturated rings. The topological polar surface area (TPSA) is 67.4 Å². The fourth-order valence-electron chi connectivity index (χ4n) is 2.11. The first-order valence-corrected chi connectivity index (χ1v) is 8.43. The summed E-state index contributed by atoms with van der Waals surface area (Å²) in [5.74, 6) is 0.333. The molecule has 0 bridgehead atoms. The zero-order valence-corrected chi connectivity index (χ0v) is 14.8. The number of nitrogens with one attached hydrogen (secondary N) is 2. The monoisotopic (exact) mass is 360 g/mol. The molecule has 0 aliphatic carbocycles. The molecule has 0 saturated heterocycles. The number of aryl methyl sites for hydroxylation is 1. The van der Waals surface area contributed by atoms with Crippen molar-refractivity contribution in [1.82, 2.24) is 10.6 Å². The number of carbonyl (C=O) groups excluding carboxylic acids is 2. The van der Waals surface area contributed by atoms with E-state index in [2.05, 4.69) is 10.6 Å². The van der Waals surface area contributed by atoms with Gasteiger partial charge in [0.05, 0.1) is 17.1 Å². The quantitative estimate of drug-likeness (QED) is 0.711. The molecule has 0 radical (unpaired) electrons. The smallest absolute Gasteiger partial charge is 0.252 e. The van der Waals surface area contributed by atoms with Gasteiger partial charge in [-0.05, 0) is 31.2 Å². The van der Waals surface area contributed by atoms with E-state index in [9.17, 15) is 9.59 Å². The van der Waals surface area contributed by atoms with E-state index in [1.54, 1.807) is 24.3 Å². The van der Waals surface area contributed by atoms with Gasteiger partial charge in [-0.25, -0.2) is 0 Å². The Kier molecular flexibility index (Phi) is 7.29. The van der Waals surface area contributed by atoms with Crippen molar-refractivity contribution in [3.05, 3.63) is 64.7 Å². The summed E-state index contributed by atoms with van der Waals surface area (Å²) < 4.78 is 5.53. The average Bonchev–Trinajstić information content (AvgIpc) is 2.60. The number of carbonyl (C=O) groups is 2. The highest BCUT2D eigenvalue weighted by Gasteiger charge is 2.09. The summed E-state index contributed by atoms with van der Waals surface area (Å²) in [6.07, 6.45) is 0.195. The lowest BCUT2D eigenvalue weighted by atomic mass is 10.2. The molecule has 0 spiro atoms. The highest BCUT2D eigenvalue weighted by molar-refractivity contribution is 6.33. The van der Waals surface area contributed by atoms with Gasteiger partial charge >= 0.3 is 0 Å². The van der Waals surface area contributed by atoms with Crippen LogP contribution < -0.4 is 15.4 Å². The Balaban J connectivity index is 1.60. The van der Waals surface area contributed by atoms with E-state index in [0.717, 1.165) is 5.75 Å². The summed E-state index contributed by atoms with van der Waals surface area (Å²) in [7, 11) is 0. The molecule has 2 amide bonds. The highest BCUT2D eigenvalue weighted by atomic mass is 35.5. The van der Waals surface area contributed by atoms with Gasteiger partial charge in [0.1, 0.15) is 12.4 Å². The number of hydrogen-bond donors (Lipinski definition) is 2. The van der Waals surface area contributed by atoms with Gasteiger partial charge in [0.15, 0.2) is 0 Å². The third kappa shape index (κ3) is 6.47. The molecule has 0 unspecified atom stereocenters. The summed E-state index contributed by atoms with van der Waals surface area (Å²) in [4.78, 5) is 23.7. The maximum atomic E-state index is 11.9. The lowest BCUT2D eigenvalue weighted by Gasteiger charge is -2.09. The van der Waals surface area contributed by atoms with Gasteiger partial charge in [0.25, 0.3) is 5.91 Å². The van der Waals surface area contributed by atoms with Gasteiger partial charge in [-0.1, -0.05) is 41.4 Å². The number of halogens is 1. The molecular formula is C19H21ClN2O3. The largest absolute Gasteiger partial charge is 0.492 e. The molecule has 0 atom stereocenters. The summed E-state index contributed by atoms with van der Waals surface area (Å²) in [6, 6.07) is 14.5. The zero-order valence-electron chi connectivity index (χ0n) is 14.0. The number of ether oxygens (including phenoxy) is 1. The van der Waals surface area contributed by atoms with Gasteiger partial charge in [-0.3, -0.25) is 9.59 Å². The molecule has 5 nitrogen and oxygen atoms in total. The standard InChI is InChI=1S/C19H21ClN2O3/c1-14-6-8-15(9-7-14)25-13-12-21-18(23)10-11-22-19(24)16-4-2-3-5-17(16)20/h2-9H,10-13H2,1H3,(H,21,23)(H,22,24). The van der Waals surface area contributed by atoms with E-state index in [4.69, 9.17) is 16.3 Å². The van der Waals surface area contributed by atoms with Gasteiger partial charge in [0.2, 0.25) is 5.91 Å². The Bertz CT molecular complexity index is 717. The number of hydrogen-bond acceptors (Lipinski definition) is 3. The Labute approximate surface area is 152 Å². The second kappa shape index (κ2) is 9.69. The van der Waals surface area contributed by atoms with Crippen molar-refractivity contribution >= 4 is 23.4 Å². The Morgan fingerprint density at radius 3 is 2.44 bits per heavy atom. The van der Waals surface area contributed by atoms with Crippen LogP contribution in [0, 0.1) is 6.92 Å². The summed E-state index contributed by atoms with van der Waals surface area (Å²) in [6.45, 7) is 3.05. The Hall–Kier alpha value is -2.53. The third-order valence-electron chi connectivity index (χ3n) is 3.47. The van der Waals surface area contributed by atoms with E-state index in [1.807, 2.05) is 31.2 Å². The van der Waals surface area contributed by atoms with Crippen LogP contribution in [0.2, 0.25) is 5.02 Å². The van der Waals surface area contributed by atoms with Gasteiger partial charge in [-0.15, -0.1) is 0 Å². The minimum Gasteiger partial charge on any atom is -0.492 e. The number of amides is 2. The van der Waals surface area contributed by atoms with Gasteiger partial charge in [0, 0.05) is 13.0 Å². The molecule has 2 aromatic carbocycles. The fraction of sp³-hybridized carbons (Fsp3) is 0.263. The van der Waals surface area contributed by atoms with Crippen molar-refractivity contribution < 1.29 is 14.3 Å². The van der Waals surface area contributed by atoms with E-state index < -0.39 is 0 Å². The highest BCUT2D eigenvalue weighted by Crippen LogP contribution is 2.14. The molecular weight excluding hydrogens is 340 g/mol. The fourth-order valence-corrected chi connectivity index (χ4v) is 2.33. The van der Waals surface area contributed by atoms with Crippen LogP contribution in [0.15, 0.2) is 48.5 Å². The van der Waals surface area contributed by atoms with E-state index >= 15 is 0 Å². The lowest BCUT2D eigenvalue weighted by molar-refractivity contribution is -0.121. The minimum absolute atomic E-state index is 0.146. The van der Waals surface area contributed by atoms with Crippen LogP contribution in [-0.4, -0.2) is 31.5 Å². The van der Waals surface area contributed by atoms with Crippen molar-refractivity contribution in [1.29, 1.82) is 0 Å². The van der Waals surface area contributed by atoms with Crippen molar-refractivity contribution in [3.63, 3.8) is 0 Å². The normalized spacial score (nSPS) is 10.2. The summed E-state index contributed by atoms with van der Waals surface area (Å²) >= 11 is 5.95. The average molecular weight is 361 g/mol. The van der Waals surface area contributed by atoms with Gasteiger partial charge < -0.3 is 15.4 Å². The van der Waals surface area contributed by atoms with Crippen molar-refractivity contribution in [3.8, 4) is 5.75 Å². The molecule has 0 aromatic heterocycles. The summed E-state index contributed by atoms with van der Waals surface area (Å²) in [5, 5.41) is 5.81. The molecule has 0 aliphatic heterocycles. The molecule has 2 aromatic rings. The van der Waals surface area contributed by atoms with Gasteiger partial charge in [-0.2, -0.15) is 0 Å². The first-order valence-electron chi connectivity index (χ1n) is 8.05. The van der Waals surface area contributed by atoms with Crippen LogP contribution in [0.1, 0.15) is 22.3 Å². The second-order valence-electron chi connectivity index (χ2n) is 5.50. The van der Waals surface area contributed by atoms with Crippen LogP contribution in [-0.2, 0) is 4.79 Å². The van der Waals surface area contributed by atoms with Crippen molar-refractivity contribution in [2.24, 2.45) is 0 Å². The Morgan fingerprint density at radius 2 is 1.72 bits per heavy atom. The maximum absolute atomic E-state index is 11.9. The lowest BCUT2D eigenvalue weighted by Crippen LogP contribution is -2.32. The number of benzene rings is 2.